The van der Waals surface area contributed by atoms with E-state index in [0.29, 0.717) is 5.56 Å². The van der Waals surface area contributed by atoms with Crippen LogP contribution in [0.15, 0.2) is 35.6 Å². The monoisotopic (exact) mass is 304 g/mol. The van der Waals surface area contributed by atoms with Crippen molar-refractivity contribution in [1.29, 1.82) is 0 Å². The summed E-state index contributed by atoms with van der Waals surface area (Å²) in [6.07, 6.45) is -3.38. The van der Waals surface area contributed by atoms with Gasteiger partial charge >= 0.3 is 6.18 Å². The lowest BCUT2D eigenvalue weighted by Crippen LogP contribution is -2.13. The number of oxime groups is 1. The van der Waals surface area contributed by atoms with E-state index in [0.717, 1.165) is 16.9 Å². The lowest BCUT2D eigenvalue weighted by molar-refractivity contribution is -0.141. The van der Waals surface area contributed by atoms with E-state index in [9.17, 15) is 13.2 Å². The first-order chi connectivity index (χ1) is 9.32. The average Bonchev–Trinajstić information content (AvgIpc) is 2.87. The predicted octanol–water partition coefficient (Wildman–Crippen LogP) is 2.64. The fraction of sp³-hybridized carbons (Fsp3) is 0.0909. The summed E-state index contributed by atoms with van der Waals surface area (Å²) in [5.41, 5.74) is 4.95. The number of benzene rings is 1. The van der Waals surface area contributed by atoms with Crippen LogP contribution in [0.1, 0.15) is 11.3 Å². The molecule has 2 rings (SSSR count). The molecule has 0 saturated heterocycles. The van der Waals surface area contributed by atoms with Crippen LogP contribution < -0.4 is 5.73 Å². The molecule has 0 bridgehead atoms. The van der Waals surface area contributed by atoms with Gasteiger partial charge in [-0.3, -0.25) is 0 Å². The molecule has 0 aliphatic carbocycles. The molecule has 0 spiro atoms. The average molecular weight is 305 g/mol. The minimum atomic E-state index is -4.52. The van der Waals surface area contributed by atoms with E-state index in [1.165, 1.54) is 18.2 Å². The van der Waals surface area contributed by atoms with Crippen molar-refractivity contribution in [2.45, 2.75) is 6.18 Å². The number of halogens is 4. The Morgan fingerprint density at radius 3 is 2.55 bits per heavy atom. The number of nitrogens with zero attached hydrogens (tertiary/aromatic N) is 3. The van der Waals surface area contributed by atoms with Gasteiger partial charge in [0.25, 0.3) is 0 Å². The van der Waals surface area contributed by atoms with Crippen LogP contribution in [0.5, 0.6) is 0 Å². The van der Waals surface area contributed by atoms with E-state index < -0.39 is 11.9 Å². The first-order valence-electron chi connectivity index (χ1n) is 5.23. The van der Waals surface area contributed by atoms with Crippen molar-refractivity contribution in [2.75, 3.05) is 0 Å². The van der Waals surface area contributed by atoms with E-state index >= 15 is 0 Å². The van der Waals surface area contributed by atoms with Gasteiger partial charge in [0.1, 0.15) is 0 Å². The van der Waals surface area contributed by atoms with Crippen LogP contribution >= 0.6 is 11.6 Å². The van der Waals surface area contributed by atoms with E-state index in [2.05, 4.69) is 10.3 Å². The van der Waals surface area contributed by atoms with E-state index in [1.54, 1.807) is 0 Å². The zero-order chi connectivity index (χ0) is 14.9. The lowest BCUT2D eigenvalue weighted by Gasteiger charge is -2.07. The van der Waals surface area contributed by atoms with Crippen LogP contribution in [0.4, 0.5) is 13.2 Å². The maximum Gasteiger partial charge on any atom is 0.435 e. The molecule has 1 heterocycles. The topological polar surface area (TPSA) is 76.4 Å². The molecule has 2 aromatic rings. The Morgan fingerprint density at radius 2 is 2.05 bits per heavy atom. The first-order valence-corrected chi connectivity index (χ1v) is 5.61. The molecule has 0 atom stereocenters. The molecule has 0 saturated carbocycles. The number of rotatable bonds is 2. The van der Waals surface area contributed by atoms with Gasteiger partial charge in [-0.1, -0.05) is 16.8 Å². The molecule has 9 heteroatoms. The summed E-state index contributed by atoms with van der Waals surface area (Å²) in [6.45, 7) is 0. The van der Waals surface area contributed by atoms with Gasteiger partial charge < -0.3 is 10.9 Å². The van der Waals surface area contributed by atoms with E-state index in [1.807, 2.05) is 0 Å². The standard InChI is InChI=1S/C11H8ClF3N4O/c12-7-5-6(10(16)18-20)1-2-8(7)19-4-3-9(17-19)11(13,14)15/h1-5,20H,(H2,16,18). The number of aromatic nitrogens is 2. The van der Waals surface area contributed by atoms with Crippen LogP contribution in [-0.2, 0) is 6.18 Å². The van der Waals surface area contributed by atoms with Crippen molar-refractivity contribution in [1.82, 2.24) is 9.78 Å². The summed E-state index contributed by atoms with van der Waals surface area (Å²) in [5.74, 6) is -0.158. The zero-order valence-corrected chi connectivity index (χ0v) is 10.5. The highest BCUT2D eigenvalue weighted by atomic mass is 35.5. The third-order valence-electron chi connectivity index (χ3n) is 2.48. The third kappa shape index (κ3) is 2.69. The maximum atomic E-state index is 12.5. The summed E-state index contributed by atoms with van der Waals surface area (Å²) >= 11 is 5.95. The van der Waals surface area contributed by atoms with Gasteiger partial charge in [-0.15, -0.1) is 0 Å². The van der Waals surface area contributed by atoms with E-state index in [-0.39, 0.29) is 16.5 Å². The molecule has 3 N–H and O–H groups in total. The van der Waals surface area contributed by atoms with Crippen molar-refractivity contribution in [3.05, 3.63) is 46.7 Å². The second kappa shape index (κ2) is 5.04. The van der Waals surface area contributed by atoms with Gasteiger partial charge in [-0.05, 0) is 24.3 Å². The van der Waals surface area contributed by atoms with Crippen LogP contribution in [0.3, 0.4) is 0 Å². The van der Waals surface area contributed by atoms with Crippen molar-refractivity contribution < 1.29 is 18.4 Å². The largest absolute Gasteiger partial charge is 0.435 e. The highest BCUT2D eigenvalue weighted by Gasteiger charge is 2.33. The van der Waals surface area contributed by atoms with Gasteiger partial charge in [-0.2, -0.15) is 18.3 Å². The Hall–Kier alpha value is -2.22. The van der Waals surface area contributed by atoms with Crippen molar-refractivity contribution in [2.24, 2.45) is 10.9 Å². The summed E-state index contributed by atoms with van der Waals surface area (Å²) in [7, 11) is 0. The normalized spacial score (nSPS) is 12.7. The predicted molar refractivity (Wildman–Crippen MR) is 66.1 cm³/mol. The molecular weight excluding hydrogens is 297 g/mol. The first kappa shape index (κ1) is 14.2. The molecular formula is C11H8ClF3N4O. The minimum Gasteiger partial charge on any atom is -0.409 e. The molecule has 106 valence electrons. The van der Waals surface area contributed by atoms with Crippen LogP contribution in [0.25, 0.3) is 5.69 Å². The molecule has 1 aromatic carbocycles. The van der Waals surface area contributed by atoms with Gasteiger partial charge in [0.2, 0.25) is 0 Å². The maximum absolute atomic E-state index is 12.5. The molecule has 0 radical (unpaired) electrons. The molecule has 0 amide bonds. The smallest absolute Gasteiger partial charge is 0.409 e. The molecule has 0 unspecified atom stereocenters. The van der Waals surface area contributed by atoms with Crippen molar-refractivity contribution >= 4 is 17.4 Å². The number of hydrogen-bond donors (Lipinski definition) is 2. The number of amidine groups is 1. The third-order valence-corrected chi connectivity index (χ3v) is 2.78. The second-order valence-electron chi connectivity index (χ2n) is 3.79. The Kier molecular flexibility index (Phi) is 3.58. The quantitative estimate of drug-likeness (QED) is 0.387. The summed E-state index contributed by atoms with van der Waals surface area (Å²) < 4.78 is 38.4. The van der Waals surface area contributed by atoms with Crippen molar-refractivity contribution in [3.8, 4) is 5.69 Å². The fourth-order valence-electron chi connectivity index (χ4n) is 1.52. The number of hydrogen-bond acceptors (Lipinski definition) is 3. The van der Waals surface area contributed by atoms with Crippen LogP contribution in [0, 0.1) is 0 Å². The zero-order valence-electron chi connectivity index (χ0n) is 9.76. The highest BCUT2D eigenvalue weighted by Crippen LogP contribution is 2.29. The Labute approximate surface area is 116 Å². The Morgan fingerprint density at radius 1 is 1.35 bits per heavy atom. The fourth-order valence-corrected chi connectivity index (χ4v) is 1.79. The van der Waals surface area contributed by atoms with Crippen molar-refractivity contribution in [3.63, 3.8) is 0 Å². The number of nitrogens with two attached hydrogens (primary N) is 1. The lowest BCUT2D eigenvalue weighted by atomic mass is 10.2. The van der Waals surface area contributed by atoms with Gasteiger partial charge in [0.05, 0.1) is 10.7 Å². The Balaban J connectivity index is 2.41. The minimum absolute atomic E-state index is 0.117. The summed E-state index contributed by atoms with van der Waals surface area (Å²) in [6, 6.07) is 5.07. The molecule has 1 aromatic heterocycles. The second-order valence-corrected chi connectivity index (χ2v) is 4.20. The molecule has 0 aliphatic rings. The van der Waals surface area contributed by atoms with E-state index in [4.69, 9.17) is 22.5 Å². The molecule has 20 heavy (non-hydrogen) atoms. The Bertz CT molecular complexity index is 666. The molecule has 0 fully saturated rings. The summed E-state index contributed by atoms with van der Waals surface area (Å²) in [4.78, 5) is 0. The van der Waals surface area contributed by atoms with Gasteiger partial charge in [0.15, 0.2) is 11.5 Å². The van der Waals surface area contributed by atoms with Gasteiger partial charge in [0, 0.05) is 11.8 Å². The molecule has 5 nitrogen and oxygen atoms in total. The molecule has 0 aliphatic heterocycles. The van der Waals surface area contributed by atoms with Crippen LogP contribution in [-0.4, -0.2) is 20.8 Å². The SMILES string of the molecule is NC(=NO)c1ccc(-n2ccc(C(F)(F)F)n2)c(Cl)c1. The highest BCUT2D eigenvalue weighted by molar-refractivity contribution is 6.32. The summed E-state index contributed by atoms with van der Waals surface area (Å²) in [5, 5.41) is 14.9. The van der Waals surface area contributed by atoms with Gasteiger partial charge in [-0.25, -0.2) is 4.68 Å². The van der Waals surface area contributed by atoms with Crippen LogP contribution in [0.2, 0.25) is 5.02 Å². The number of alkyl halides is 3.